The Bertz CT molecular complexity index is 820. The summed E-state index contributed by atoms with van der Waals surface area (Å²) in [6.45, 7) is 2.36. The van der Waals surface area contributed by atoms with E-state index in [4.69, 9.17) is 9.97 Å². The first-order valence-electron chi connectivity index (χ1n) is 8.05. The van der Waals surface area contributed by atoms with Crippen molar-refractivity contribution in [2.45, 2.75) is 19.5 Å². The number of anilines is 1. The number of aromatic nitrogens is 4. The fourth-order valence-corrected chi connectivity index (χ4v) is 2.81. The summed E-state index contributed by atoms with van der Waals surface area (Å²) in [7, 11) is 0. The molecule has 2 N–H and O–H groups in total. The molecule has 0 spiro atoms. The van der Waals surface area contributed by atoms with Crippen molar-refractivity contribution in [2.75, 3.05) is 11.9 Å². The van der Waals surface area contributed by atoms with E-state index >= 15 is 0 Å². The van der Waals surface area contributed by atoms with Gasteiger partial charge < -0.3 is 10.6 Å². The Balaban J connectivity index is 1.68. The molecule has 0 radical (unpaired) electrons. The van der Waals surface area contributed by atoms with Gasteiger partial charge in [0.1, 0.15) is 5.82 Å². The summed E-state index contributed by atoms with van der Waals surface area (Å²) in [5, 5.41) is 6.81. The van der Waals surface area contributed by atoms with Crippen molar-refractivity contribution in [1.29, 1.82) is 0 Å². The highest BCUT2D eigenvalue weighted by Crippen LogP contribution is 2.24. The first-order valence-corrected chi connectivity index (χ1v) is 8.05. The third-order valence-corrected chi connectivity index (χ3v) is 4.02. The first-order chi connectivity index (χ1) is 11.9. The van der Waals surface area contributed by atoms with Crippen molar-refractivity contribution < 1.29 is 0 Å². The second-order valence-electron chi connectivity index (χ2n) is 5.66. The Hall–Kier alpha value is -2.86. The molecule has 0 saturated carbocycles. The summed E-state index contributed by atoms with van der Waals surface area (Å²) in [4.78, 5) is 18.0. The van der Waals surface area contributed by atoms with Gasteiger partial charge in [-0.25, -0.2) is 9.97 Å². The lowest BCUT2D eigenvalue weighted by Gasteiger charge is -2.20. The lowest BCUT2D eigenvalue weighted by Crippen LogP contribution is -2.26. The van der Waals surface area contributed by atoms with Crippen LogP contribution in [0.4, 0.5) is 5.82 Å². The second kappa shape index (κ2) is 6.72. The smallest absolute Gasteiger partial charge is 0.163 e. The van der Waals surface area contributed by atoms with Gasteiger partial charge in [-0.2, -0.15) is 0 Å². The van der Waals surface area contributed by atoms with Gasteiger partial charge in [-0.1, -0.05) is 6.07 Å². The van der Waals surface area contributed by atoms with Crippen LogP contribution in [-0.4, -0.2) is 26.5 Å². The molecule has 0 aromatic carbocycles. The molecular weight excluding hydrogens is 300 g/mol. The SMILES string of the molecule is c1ccc(CNc2nc(-c3cccnc3)nc3c2CCNC3)nc1. The molecule has 4 heterocycles. The van der Waals surface area contributed by atoms with Crippen LogP contribution in [0.1, 0.15) is 17.0 Å². The van der Waals surface area contributed by atoms with Crippen LogP contribution in [0.15, 0.2) is 48.9 Å². The Labute approximate surface area is 140 Å². The highest BCUT2D eigenvalue weighted by atomic mass is 15.1. The van der Waals surface area contributed by atoms with Crippen LogP contribution < -0.4 is 10.6 Å². The van der Waals surface area contributed by atoms with E-state index in [1.54, 1.807) is 18.6 Å². The predicted octanol–water partition coefficient (Wildman–Crippen LogP) is 2.19. The third kappa shape index (κ3) is 3.09. The van der Waals surface area contributed by atoms with Gasteiger partial charge in [-0.15, -0.1) is 0 Å². The molecule has 1 aliphatic heterocycles. The van der Waals surface area contributed by atoms with E-state index in [9.17, 15) is 0 Å². The molecule has 4 rings (SSSR count). The Morgan fingerprint density at radius 1 is 1.08 bits per heavy atom. The van der Waals surface area contributed by atoms with Gasteiger partial charge in [0.25, 0.3) is 0 Å². The quantitative estimate of drug-likeness (QED) is 0.768. The summed E-state index contributed by atoms with van der Waals surface area (Å²) in [5.74, 6) is 1.60. The molecule has 6 nitrogen and oxygen atoms in total. The molecule has 3 aromatic heterocycles. The molecule has 0 fully saturated rings. The zero-order valence-corrected chi connectivity index (χ0v) is 13.2. The summed E-state index contributed by atoms with van der Waals surface area (Å²) < 4.78 is 0. The summed E-state index contributed by atoms with van der Waals surface area (Å²) in [5.41, 5.74) is 4.16. The maximum Gasteiger partial charge on any atom is 0.163 e. The van der Waals surface area contributed by atoms with Gasteiger partial charge in [-0.05, 0) is 37.2 Å². The van der Waals surface area contributed by atoms with Crippen molar-refractivity contribution in [3.8, 4) is 11.4 Å². The fraction of sp³-hybridized carbons (Fsp3) is 0.222. The molecule has 1 aliphatic rings. The fourth-order valence-electron chi connectivity index (χ4n) is 2.81. The molecule has 24 heavy (non-hydrogen) atoms. The van der Waals surface area contributed by atoms with Gasteiger partial charge in [0.2, 0.25) is 0 Å². The average molecular weight is 318 g/mol. The number of hydrogen-bond donors (Lipinski definition) is 2. The summed E-state index contributed by atoms with van der Waals surface area (Å²) in [6, 6.07) is 9.79. The Morgan fingerprint density at radius 2 is 2.08 bits per heavy atom. The van der Waals surface area contributed by atoms with E-state index in [-0.39, 0.29) is 0 Å². The lowest BCUT2D eigenvalue weighted by molar-refractivity contribution is 0.625. The first kappa shape index (κ1) is 14.7. The molecule has 6 heteroatoms. The topological polar surface area (TPSA) is 75.6 Å². The zero-order valence-electron chi connectivity index (χ0n) is 13.2. The molecule has 0 unspecified atom stereocenters. The van der Waals surface area contributed by atoms with Crippen molar-refractivity contribution in [2.24, 2.45) is 0 Å². The van der Waals surface area contributed by atoms with Gasteiger partial charge in [0, 0.05) is 36.3 Å². The molecule has 0 bridgehead atoms. The predicted molar refractivity (Wildman–Crippen MR) is 92.2 cm³/mol. The van der Waals surface area contributed by atoms with Gasteiger partial charge >= 0.3 is 0 Å². The minimum Gasteiger partial charge on any atom is -0.364 e. The number of rotatable bonds is 4. The molecule has 0 aliphatic carbocycles. The molecule has 0 saturated heterocycles. The van der Waals surface area contributed by atoms with E-state index in [1.165, 1.54) is 5.56 Å². The van der Waals surface area contributed by atoms with Gasteiger partial charge in [0.15, 0.2) is 5.82 Å². The van der Waals surface area contributed by atoms with E-state index in [0.29, 0.717) is 12.4 Å². The number of pyridine rings is 2. The maximum atomic E-state index is 4.75. The van der Waals surface area contributed by atoms with E-state index in [0.717, 1.165) is 42.3 Å². The van der Waals surface area contributed by atoms with Crippen LogP contribution in [0.25, 0.3) is 11.4 Å². The number of nitrogens with zero attached hydrogens (tertiary/aromatic N) is 4. The zero-order chi connectivity index (χ0) is 16.2. The number of fused-ring (bicyclic) bond motifs is 1. The second-order valence-corrected chi connectivity index (χ2v) is 5.66. The highest BCUT2D eigenvalue weighted by Gasteiger charge is 2.18. The van der Waals surface area contributed by atoms with E-state index in [1.807, 2.05) is 30.3 Å². The van der Waals surface area contributed by atoms with Gasteiger partial charge in [-0.3, -0.25) is 9.97 Å². The minimum atomic E-state index is 0.643. The minimum absolute atomic E-state index is 0.643. The van der Waals surface area contributed by atoms with Crippen molar-refractivity contribution in [3.63, 3.8) is 0 Å². The van der Waals surface area contributed by atoms with Gasteiger partial charge in [0.05, 0.1) is 17.9 Å². The van der Waals surface area contributed by atoms with E-state index in [2.05, 4.69) is 20.6 Å². The molecule has 0 amide bonds. The third-order valence-electron chi connectivity index (χ3n) is 4.02. The molecule has 120 valence electrons. The van der Waals surface area contributed by atoms with Crippen LogP contribution in [0.3, 0.4) is 0 Å². The van der Waals surface area contributed by atoms with Crippen LogP contribution in [0.5, 0.6) is 0 Å². The summed E-state index contributed by atoms with van der Waals surface area (Å²) >= 11 is 0. The van der Waals surface area contributed by atoms with Crippen molar-refractivity contribution >= 4 is 5.82 Å². The summed E-state index contributed by atoms with van der Waals surface area (Å²) in [6.07, 6.45) is 6.27. The molecule has 0 atom stereocenters. The van der Waals surface area contributed by atoms with Crippen molar-refractivity contribution in [1.82, 2.24) is 25.3 Å². The van der Waals surface area contributed by atoms with Crippen LogP contribution in [0, 0.1) is 0 Å². The van der Waals surface area contributed by atoms with Crippen LogP contribution >= 0.6 is 0 Å². The Kier molecular flexibility index (Phi) is 4.12. The standard InChI is InChI=1S/C18H18N6/c1-2-8-21-14(5-1)11-22-18-15-6-9-20-12-16(15)23-17(24-18)13-4-3-7-19-10-13/h1-5,7-8,10,20H,6,9,11-12H2,(H,22,23,24). The van der Waals surface area contributed by atoms with Crippen LogP contribution in [0.2, 0.25) is 0 Å². The largest absolute Gasteiger partial charge is 0.364 e. The molecular formula is C18H18N6. The van der Waals surface area contributed by atoms with Crippen LogP contribution in [-0.2, 0) is 19.5 Å². The molecule has 3 aromatic rings. The number of nitrogens with one attached hydrogen (secondary N) is 2. The van der Waals surface area contributed by atoms with E-state index < -0.39 is 0 Å². The Morgan fingerprint density at radius 3 is 2.92 bits per heavy atom. The van der Waals surface area contributed by atoms with Crippen molar-refractivity contribution in [3.05, 3.63) is 65.9 Å². The monoisotopic (exact) mass is 318 g/mol. The normalized spacial score (nSPS) is 13.3. The lowest BCUT2D eigenvalue weighted by atomic mass is 10.1. The maximum absolute atomic E-state index is 4.75. The highest BCUT2D eigenvalue weighted by molar-refractivity contribution is 5.59. The average Bonchev–Trinajstić information content (AvgIpc) is 2.67. The number of hydrogen-bond acceptors (Lipinski definition) is 6.